The van der Waals surface area contributed by atoms with E-state index in [1.54, 1.807) is 12.1 Å². The van der Waals surface area contributed by atoms with Crippen molar-refractivity contribution in [1.82, 2.24) is 4.57 Å². The summed E-state index contributed by atoms with van der Waals surface area (Å²) in [6.45, 7) is 3.74. The van der Waals surface area contributed by atoms with Crippen LogP contribution < -0.4 is 5.56 Å². The number of ketones is 1. The zero-order chi connectivity index (χ0) is 17.9. The van der Waals surface area contributed by atoms with Crippen molar-refractivity contribution >= 4 is 5.78 Å². The molecule has 0 saturated carbocycles. The average Bonchev–Trinajstić information content (AvgIpc) is 2.48. The molecule has 1 aromatic carbocycles. The first kappa shape index (κ1) is 18.0. The zero-order valence-corrected chi connectivity index (χ0v) is 13.4. The highest BCUT2D eigenvalue weighted by atomic mass is 19.4. The lowest BCUT2D eigenvalue weighted by molar-refractivity contribution is -0.138. The lowest BCUT2D eigenvalue weighted by atomic mass is 10.0. The zero-order valence-electron chi connectivity index (χ0n) is 13.4. The summed E-state index contributed by atoms with van der Waals surface area (Å²) in [6, 6.07) is 8.45. The van der Waals surface area contributed by atoms with Crippen LogP contribution >= 0.6 is 0 Å². The molecule has 0 aliphatic heterocycles. The first-order valence-electron chi connectivity index (χ1n) is 7.56. The van der Waals surface area contributed by atoms with E-state index in [1.807, 2.05) is 12.1 Å². The number of aromatic nitrogens is 1. The van der Waals surface area contributed by atoms with Crippen LogP contribution in [0.1, 0.15) is 35.3 Å². The van der Waals surface area contributed by atoms with Crippen molar-refractivity contribution in [3.05, 3.63) is 69.6 Å². The van der Waals surface area contributed by atoms with Gasteiger partial charge in [0.25, 0.3) is 5.56 Å². The number of hydrogen-bond donors (Lipinski definition) is 0. The van der Waals surface area contributed by atoms with Crippen molar-refractivity contribution in [2.24, 2.45) is 5.92 Å². The number of pyridine rings is 1. The van der Waals surface area contributed by atoms with Crippen LogP contribution in [0.3, 0.4) is 0 Å². The van der Waals surface area contributed by atoms with E-state index in [1.165, 1.54) is 0 Å². The molecule has 0 aliphatic carbocycles. The second-order valence-electron chi connectivity index (χ2n) is 6.10. The van der Waals surface area contributed by atoms with Crippen LogP contribution in [0, 0.1) is 5.92 Å². The fourth-order valence-electron chi connectivity index (χ4n) is 2.37. The van der Waals surface area contributed by atoms with E-state index in [2.05, 4.69) is 13.8 Å². The van der Waals surface area contributed by atoms with E-state index < -0.39 is 29.6 Å². The van der Waals surface area contributed by atoms with Gasteiger partial charge >= 0.3 is 6.18 Å². The highest BCUT2D eigenvalue weighted by molar-refractivity contribution is 5.95. The molecule has 128 valence electrons. The van der Waals surface area contributed by atoms with Gasteiger partial charge in [-0.3, -0.25) is 9.59 Å². The van der Waals surface area contributed by atoms with Gasteiger partial charge in [-0.1, -0.05) is 38.1 Å². The highest BCUT2D eigenvalue weighted by Gasteiger charge is 2.31. The molecule has 3 nitrogen and oxygen atoms in total. The van der Waals surface area contributed by atoms with Gasteiger partial charge in [0.05, 0.1) is 12.1 Å². The Hall–Kier alpha value is -2.37. The van der Waals surface area contributed by atoms with Crippen LogP contribution in [0.2, 0.25) is 0 Å². The molecule has 2 aromatic rings. The van der Waals surface area contributed by atoms with E-state index in [0.29, 0.717) is 23.7 Å². The number of carbonyl (C=O) groups excluding carboxylic acids is 1. The largest absolute Gasteiger partial charge is 0.417 e. The Labute approximate surface area is 137 Å². The van der Waals surface area contributed by atoms with E-state index in [0.717, 1.165) is 22.6 Å². The number of Topliss-reactive ketones (excluding diaryl/α,β-unsaturated/α-hetero) is 1. The van der Waals surface area contributed by atoms with Gasteiger partial charge in [0, 0.05) is 17.8 Å². The first-order valence-corrected chi connectivity index (χ1v) is 7.56. The maximum absolute atomic E-state index is 12.7. The van der Waals surface area contributed by atoms with Gasteiger partial charge in [-0.05, 0) is 24.0 Å². The summed E-state index contributed by atoms with van der Waals surface area (Å²) in [7, 11) is 0. The second kappa shape index (κ2) is 7.03. The Balaban J connectivity index is 2.19. The van der Waals surface area contributed by atoms with Crippen molar-refractivity contribution in [3.63, 3.8) is 0 Å². The average molecular weight is 337 g/mol. The number of benzene rings is 1. The second-order valence-corrected chi connectivity index (χ2v) is 6.10. The Morgan fingerprint density at radius 2 is 1.71 bits per heavy atom. The molecular formula is C18H18F3NO2. The van der Waals surface area contributed by atoms with Gasteiger partial charge in [0.1, 0.15) is 0 Å². The summed E-state index contributed by atoms with van der Waals surface area (Å²) < 4.78 is 38.9. The first-order chi connectivity index (χ1) is 11.2. The predicted molar refractivity (Wildman–Crippen MR) is 85.0 cm³/mol. The molecule has 2 rings (SSSR count). The van der Waals surface area contributed by atoms with E-state index in [-0.39, 0.29) is 0 Å². The molecule has 1 heterocycles. The van der Waals surface area contributed by atoms with Crippen LogP contribution in [0.5, 0.6) is 0 Å². The van der Waals surface area contributed by atoms with Crippen molar-refractivity contribution in [1.29, 1.82) is 0 Å². The van der Waals surface area contributed by atoms with Crippen LogP contribution in [-0.2, 0) is 19.1 Å². The Bertz CT molecular complexity index is 774. The molecular weight excluding hydrogens is 319 g/mol. The standard InChI is InChI=1S/C18H18F3NO2/c1-12(2)9-13-3-5-14(6-4-13)16(23)11-22-10-15(18(19,20)21)7-8-17(22)24/h3-8,10,12H,9,11H2,1-2H3. The number of halogens is 3. The minimum absolute atomic E-state index is 0.367. The molecule has 0 amide bonds. The van der Waals surface area contributed by atoms with Gasteiger partial charge in [-0.2, -0.15) is 13.2 Å². The molecule has 0 aliphatic rings. The third-order valence-corrected chi connectivity index (χ3v) is 3.54. The highest BCUT2D eigenvalue weighted by Crippen LogP contribution is 2.28. The number of carbonyl (C=O) groups is 1. The normalized spacial score (nSPS) is 11.8. The van der Waals surface area contributed by atoms with Gasteiger partial charge < -0.3 is 4.57 Å². The molecule has 0 bridgehead atoms. The summed E-state index contributed by atoms with van der Waals surface area (Å²) in [5, 5.41) is 0. The fraction of sp³-hybridized carbons (Fsp3) is 0.333. The van der Waals surface area contributed by atoms with E-state index in [9.17, 15) is 22.8 Å². The Kier molecular flexibility index (Phi) is 5.26. The summed E-state index contributed by atoms with van der Waals surface area (Å²) in [5.41, 5.74) is -0.153. The number of nitrogens with zero attached hydrogens (tertiary/aromatic N) is 1. The number of hydrogen-bond acceptors (Lipinski definition) is 2. The van der Waals surface area contributed by atoms with E-state index in [4.69, 9.17) is 0 Å². The van der Waals surface area contributed by atoms with Crippen molar-refractivity contribution in [2.45, 2.75) is 33.0 Å². The Morgan fingerprint density at radius 3 is 2.25 bits per heavy atom. The van der Waals surface area contributed by atoms with Crippen LogP contribution in [-0.4, -0.2) is 10.4 Å². The number of rotatable bonds is 5. The molecule has 0 atom stereocenters. The third-order valence-electron chi connectivity index (χ3n) is 3.54. The molecule has 1 aromatic heterocycles. The summed E-state index contributed by atoms with van der Waals surface area (Å²) in [5.74, 6) is 0.0720. The quantitative estimate of drug-likeness (QED) is 0.775. The Morgan fingerprint density at radius 1 is 1.08 bits per heavy atom. The van der Waals surface area contributed by atoms with Crippen LogP contribution in [0.4, 0.5) is 13.2 Å². The molecule has 6 heteroatoms. The minimum Gasteiger partial charge on any atom is -0.307 e. The SMILES string of the molecule is CC(C)Cc1ccc(C(=O)Cn2cc(C(F)(F)F)ccc2=O)cc1. The van der Waals surface area contributed by atoms with Crippen molar-refractivity contribution in [2.75, 3.05) is 0 Å². The smallest absolute Gasteiger partial charge is 0.307 e. The molecule has 0 unspecified atom stereocenters. The molecule has 0 fully saturated rings. The minimum atomic E-state index is -4.56. The number of alkyl halides is 3. The van der Waals surface area contributed by atoms with E-state index >= 15 is 0 Å². The summed E-state index contributed by atoms with van der Waals surface area (Å²) >= 11 is 0. The molecule has 0 radical (unpaired) electrons. The maximum atomic E-state index is 12.7. The molecule has 0 spiro atoms. The summed E-state index contributed by atoms with van der Waals surface area (Å²) in [4.78, 5) is 23.9. The predicted octanol–water partition coefficient (Wildman–Crippen LogP) is 3.95. The van der Waals surface area contributed by atoms with Crippen LogP contribution in [0.25, 0.3) is 0 Å². The van der Waals surface area contributed by atoms with Gasteiger partial charge in [-0.15, -0.1) is 0 Å². The lowest BCUT2D eigenvalue weighted by Crippen LogP contribution is -2.25. The molecule has 0 saturated heterocycles. The third kappa shape index (κ3) is 4.57. The fourth-order valence-corrected chi connectivity index (χ4v) is 2.37. The van der Waals surface area contributed by atoms with Gasteiger partial charge in [0.15, 0.2) is 5.78 Å². The van der Waals surface area contributed by atoms with Crippen molar-refractivity contribution in [3.8, 4) is 0 Å². The van der Waals surface area contributed by atoms with Gasteiger partial charge in [0.2, 0.25) is 0 Å². The topological polar surface area (TPSA) is 39.1 Å². The van der Waals surface area contributed by atoms with Crippen molar-refractivity contribution < 1.29 is 18.0 Å². The summed E-state index contributed by atoms with van der Waals surface area (Å²) in [6.07, 6.45) is -3.01. The lowest BCUT2D eigenvalue weighted by Gasteiger charge is -2.10. The van der Waals surface area contributed by atoms with Crippen LogP contribution in [0.15, 0.2) is 47.4 Å². The maximum Gasteiger partial charge on any atom is 0.417 e. The molecule has 0 N–H and O–H groups in total. The molecule has 24 heavy (non-hydrogen) atoms. The monoisotopic (exact) mass is 337 g/mol. The van der Waals surface area contributed by atoms with Gasteiger partial charge in [-0.25, -0.2) is 0 Å².